The molecule has 0 amide bonds. The third kappa shape index (κ3) is 16.5. The van der Waals surface area contributed by atoms with Crippen LogP contribution in [0.1, 0.15) is 269 Å². The van der Waals surface area contributed by atoms with Gasteiger partial charge in [-0.15, -0.1) is 0 Å². The normalized spacial score (nSPS) is 17.3. The largest absolute Gasteiger partial charge is 0.489 e. The van der Waals surface area contributed by atoms with Crippen molar-refractivity contribution < 1.29 is 75.8 Å². The molecular formula is C106H110O16. The van der Waals surface area contributed by atoms with Crippen LogP contribution in [0.4, 0.5) is 0 Å². The highest BCUT2D eigenvalue weighted by atomic mass is 16.7. The van der Waals surface area contributed by atoms with Gasteiger partial charge in [-0.25, -0.2) is 0 Å². The molecule has 0 spiro atoms. The molecular weight excluding hydrogens is 1530 g/mol. The van der Waals surface area contributed by atoms with Crippen LogP contribution in [0.2, 0.25) is 0 Å². The summed E-state index contributed by atoms with van der Waals surface area (Å²) in [5.41, 5.74) is 18.9. The first kappa shape index (κ1) is 80.0. The number of rotatable bonds is 20. The van der Waals surface area contributed by atoms with Crippen LogP contribution in [0, 0.1) is 0 Å². The van der Waals surface area contributed by atoms with Crippen LogP contribution in [-0.4, -0.2) is 27.2 Å². The summed E-state index contributed by atoms with van der Waals surface area (Å²) in [6.07, 6.45) is 18.8. The quantitative estimate of drug-likeness (QED) is 0.0666. The van der Waals surface area contributed by atoms with Crippen molar-refractivity contribution in [3.63, 3.8) is 0 Å². The van der Waals surface area contributed by atoms with Gasteiger partial charge in [-0.2, -0.15) is 0 Å². The molecule has 12 aliphatic rings. The van der Waals surface area contributed by atoms with Crippen LogP contribution < -0.4 is 75.8 Å². The third-order valence-corrected chi connectivity index (χ3v) is 25.6. The number of unbranched alkanes of at least 4 members (excludes halogenated alkanes) is 12. The average molecular weight is 1640 g/mol. The molecule has 0 fully saturated rings. The van der Waals surface area contributed by atoms with E-state index in [1.165, 1.54) is 0 Å². The zero-order valence-electron chi connectivity index (χ0n) is 70.8. The van der Waals surface area contributed by atoms with Crippen LogP contribution in [0.15, 0.2) is 182 Å². The summed E-state index contributed by atoms with van der Waals surface area (Å²) in [6.45, 7) is 9.53. The lowest BCUT2D eigenvalue weighted by atomic mass is 9.75. The van der Waals surface area contributed by atoms with Crippen LogP contribution in [0.3, 0.4) is 0 Å². The second kappa shape index (κ2) is 36.9. The Morgan fingerprint density at radius 1 is 0.205 bits per heavy atom. The molecule has 0 aromatic heterocycles. The Morgan fingerprint density at radius 3 is 0.672 bits per heavy atom. The van der Waals surface area contributed by atoms with Gasteiger partial charge in [0.25, 0.3) is 0 Å². The molecule has 0 saturated heterocycles. The molecule has 0 N–H and O–H groups in total. The van der Waals surface area contributed by atoms with Gasteiger partial charge in [0.2, 0.25) is 50.2 Å². The van der Waals surface area contributed by atoms with E-state index in [9.17, 15) is 0 Å². The number of hydrogen-bond acceptors (Lipinski definition) is 16. The number of benzene rings is 11. The first-order valence-electron chi connectivity index (χ1n) is 44.9. The van der Waals surface area contributed by atoms with Crippen LogP contribution >= 0.6 is 0 Å². The van der Waals surface area contributed by atoms with E-state index in [1.807, 2.05) is 48.5 Å². The molecule has 0 radical (unpaired) electrons. The second-order valence-electron chi connectivity index (χ2n) is 33.8. The summed E-state index contributed by atoms with van der Waals surface area (Å²) in [5, 5.41) is 0. The van der Waals surface area contributed by atoms with E-state index in [0.29, 0.717) is 118 Å². The van der Waals surface area contributed by atoms with Crippen molar-refractivity contribution in [3.05, 3.63) is 271 Å². The first-order chi connectivity index (χ1) is 60.3. The van der Waals surface area contributed by atoms with Crippen molar-refractivity contribution in [2.45, 2.75) is 233 Å². The van der Waals surface area contributed by atoms with E-state index in [4.69, 9.17) is 75.8 Å². The Kier molecular flexibility index (Phi) is 24.2. The highest BCUT2D eigenvalue weighted by molar-refractivity contribution is 5.80. The summed E-state index contributed by atoms with van der Waals surface area (Å²) in [5.74, 6) is 7.20. The molecule has 36 bridgehead atoms. The maximum absolute atomic E-state index is 7.69. The van der Waals surface area contributed by atoms with Crippen molar-refractivity contribution in [2.75, 3.05) is 27.2 Å². The van der Waals surface area contributed by atoms with E-state index in [0.717, 1.165) is 214 Å². The molecule has 12 heterocycles. The Hall–Kier alpha value is -11.8. The Balaban J connectivity index is 0.971. The van der Waals surface area contributed by atoms with Crippen molar-refractivity contribution >= 4 is 0 Å². The summed E-state index contributed by atoms with van der Waals surface area (Å²) < 4.78 is 119. The Labute approximate surface area is 716 Å². The molecule has 16 nitrogen and oxygen atoms in total. The van der Waals surface area contributed by atoms with Gasteiger partial charge in [0.15, 0.2) is 46.0 Å². The number of ether oxygens (including phenoxy) is 16. The van der Waals surface area contributed by atoms with Gasteiger partial charge in [0.1, 0.15) is 75.9 Å². The van der Waals surface area contributed by atoms with Crippen molar-refractivity contribution in [1.29, 1.82) is 0 Å². The monoisotopic (exact) mass is 1640 g/mol. The predicted octanol–water partition coefficient (Wildman–Crippen LogP) is 26.2. The molecule has 0 aliphatic carbocycles. The average Bonchev–Trinajstić information content (AvgIpc) is 0.718. The third-order valence-electron chi connectivity index (χ3n) is 25.6. The van der Waals surface area contributed by atoms with Crippen molar-refractivity contribution in [2.24, 2.45) is 0 Å². The molecule has 11 aromatic carbocycles. The summed E-state index contributed by atoms with van der Waals surface area (Å²) in [4.78, 5) is 0. The van der Waals surface area contributed by atoms with E-state index in [-0.39, 0.29) is 80.0 Å². The van der Waals surface area contributed by atoms with Crippen molar-refractivity contribution in [1.82, 2.24) is 0 Å². The smallest absolute Gasteiger partial charge is 0.231 e. The minimum absolute atomic E-state index is 0.116. The highest BCUT2D eigenvalue weighted by Crippen LogP contribution is 2.63. The highest BCUT2D eigenvalue weighted by Gasteiger charge is 2.44. The van der Waals surface area contributed by atoms with Gasteiger partial charge in [-0.05, 0) is 171 Å². The summed E-state index contributed by atoms with van der Waals surface area (Å²) in [6, 6.07) is 64.3. The second-order valence-corrected chi connectivity index (χ2v) is 33.8. The van der Waals surface area contributed by atoms with Gasteiger partial charge in [0, 0.05) is 68.2 Å². The standard InChI is InChI=1S/C106H110O16/c1-5-9-13-17-42-81-85-51-89-83(44-19-15-11-7-3)91-53-87-82(43-18-14-10-6-2)88-54-92-84(45-20-16-12-8-4)90-52-86(81)96-104-100(90)120-66-122-102(92)106-98(88)118-64-117-97(87)105-101(91)121-65-119-99(89)103(95(85)115-63-116-96)111-55-67-28-21-38-77(46-67)107-59-73-34-26-35-74(60-108-78-39-22-29-68(47-78)56-112-104)93(73)71-32-25-33-72(50-71)94-75(61-109-79-40-23-30-69(48-79)57-113-105)36-27-37-76(94)62-110-80-41-24-31-70(49-80)58-114-106/h21-41,46-54,81-84H,5-20,42-45,55-66H2,1-4H3. The summed E-state index contributed by atoms with van der Waals surface area (Å²) >= 11 is 0. The molecule has 0 saturated carbocycles. The van der Waals surface area contributed by atoms with E-state index in [1.54, 1.807) is 0 Å². The van der Waals surface area contributed by atoms with Crippen LogP contribution in [0.5, 0.6) is 92.0 Å². The fraction of sp³-hybridized carbons (Fsp3) is 0.377. The molecule has 11 aromatic rings. The number of fused-ring (bicyclic) bond motifs is 8. The van der Waals surface area contributed by atoms with E-state index in [2.05, 4.69) is 161 Å². The zero-order chi connectivity index (χ0) is 82.2. The molecule has 16 heteroatoms. The molecule has 122 heavy (non-hydrogen) atoms. The maximum atomic E-state index is 7.69. The lowest BCUT2D eigenvalue weighted by Gasteiger charge is -2.37. The Bertz CT molecular complexity index is 4880. The molecule has 630 valence electrons. The fourth-order valence-corrected chi connectivity index (χ4v) is 19.6. The lowest BCUT2D eigenvalue weighted by molar-refractivity contribution is 0.0811. The minimum atomic E-state index is -0.408. The van der Waals surface area contributed by atoms with Gasteiger partial charge in [-0.1, -0.05) is 234 Å². The summed E-state index contributed by atoms with van der Waals surface area (Å²) in [7, 11) is 0. The van der Waals surface area contributed by atoms with E-state index >= 15 is 0 Å². The molecule has 23 rings (SSSR count). The topological polar surface area (TPSA) is 148 Å². The SMILES string of the molecule is CCCCCCC1c2cc3c4c5c2OCOc2c1cc1c6c2OCc2cccc(c2)OCc2cccc(c2-c2cccc(c2)-c2c7cccc2COc2cccc(c2)COc2c8c(cc(c2OCO6)C1CCCCCC)C(CCCCCC)c1cc(c(c(c1OCO8)OCc1cccc(c1)OC7)OCO4)C3CCCCCC)COc1cccc(c1)CO5. The van der Waals surface area contributed by atoms with Crippen molar-refractivity contribution in [3.8, 4) is 114 Å². The maximum Gasteiger partial charge on any atom is 0.231 e. The van der Waals surface area contributed by atoms with Crippen LogP contribution in [0.25, 0.3) is 22.3 Å². The van der Waals surface area contributed by atoms with Gasteiger partial charge < -0.3 is 75.8 Å². The fourth-order valence-electron chi connectivity index (χ4n) is 19.6. The predicted molar refractivity (Wildman–Crippen MR) is 470 cm³/mol. The van der Waals surface area contributed by atoms with E-state index < -0.39 is 23.7 Å². The number of hydrogen-bond donors (Lipinski definition) is 0. The first-order valence-corrected chi connectivity index (χ1v) is 44.9. The molecule has 0 atom stereocenters. The Morgan fingerprint density at radius 2 is 0.434 bits per heavy atom. The molecule has 12 aliphatic heterocycles. The minimum Gasteiger partial charge on any atom is -0.489 e. The van der Waals surface area contributed by atoms with Crippen LogP contribution in [-0.2, 0) is 52.9 Å². The van der Waals surface area contributed by atoms with Gasteiger partial charge in [-0.3, -0.25) is 0 Å². The molecule has 0 unspecified atom stereocenters. The van der Waals surface area contributed by atoms with Gasteiger partial charge >= 0.3 is 0 Å². The zero-order valence-corrected chi connectivity index (χ0v) is 70.8. The van der Waals surface area contributed by atoms with Gasteiger partial charge in [0.05, 0.1) is 0 Å². The lowest BCUT2D eigenvalue weighted by Crippen LogP contribution is -2.24.